The maximum Gasteiger partial charge on any atom is 0.126 e. The zero-order chi connectivity index (χ0) is 16.3. The highest BCUT2D eigenvalue weighted by Gasteiger charge is 2.27. The van der Waals surface area contributed by atoms with E-state index in [4.69, 9.17) is 0 Å². The van der Waals surface area contributed by atoms with Crippen LogP contribution in [-0.2, 0) is 0 Å². The van der Waals surface area contributed by atoms with Crippen molar-refractivity contribution >= 4 is 0 Å². The molecule has 4 nitrogen and oxygen atoms in total. The van der Waals surface area contributed by atoms with Crippen LogP contribution in [0.15, 0.2) is 48.5 Å². The van der Waals surface area contributed by atoms with Crippen LogP contribution in [-0.4, -0.2) is 36.1 Å². The number of hydrogen-bond acceptors (Lipinski definition) is 0. The van der Waals surface area contributed by atoms with Crippen LogP contribution in [0.5, 0.6) is 0 Å². The summed E-state index contributed by atoms with van der Waals surface area (Å²) < 4.78 is 0. The molecule has 0 saturated carbocycles. The fourth-order valence-corrected chi connectivity index (χ4v) is 3.63. The number of hydrogen-bond donors (Lipinski definition) is 2. The topological polar surface area (TPSA) is 96.2 Å². The van der Waals surface area contributed by atoms with E-state index < -0.39 is 0 Å². The van der Waals surface area contributed by atoms with Crippen molar-refractivity contribution in [1.82, 2.24) is 0 Å². The summed E-state index contributed by atoms with van der Waals surface area (Å²) in [6.07, 6.45) is 1.23. The highest BCUT2D eigenvalue weighted by Crippen LogP contribution is 2.45. The van der Waals surface area contributed by atoms with Gasteiger partial charge in [0, 0.05) is 12.3 Å². The van der Waals surface area contributed by atoms with Crippen molar-refractivity contribution in [2.75, 3.05) is 19.6 Å². The van der Waals surface area contributed by atoms with Crippen LogP contribution >= 0.6 is 0 Å². The molecule has 0 spiro atoms. The first kappa shape index (κ1) is 28.1. The SMILES string of the molecule is CC(C)(C)[NH2+]CC[NH2+]CCC1c2ccccc2-c2ccccc21.O.O.[Cl-].[Cl-]. The first-order valence-corrected chi connectivity index (χ1v) is 8.90. The first-order valence-electron chi connectivity index (χ1n) is 8.90. The lowest BCUT2D eigenvalue weighted by Crippen LogP contribution is -3.00. The molecule has 1 aliphatic rings. The van der Waals surface area contributed by atoms with Gasteiger partial charge < -0.3 is 46.4 Å². The van der Waals surface area contributed by atoms with Crippen LogP contribution < -0.4 is 35.4 Å². The van der Waals surface area contributed by atoms with Crippen molar-refractivity contribution in [3.8, 4) is 11.1 Å². The van der Waals surface area contributed by atoms with E-state index in [1.807, 2.05) is 0 Å². The lowest BCUT2D eigenvalue weighted by molar-refractivity contribution is -0.758. The molecule has 1 aliphatic carbocycles. The Kier molecular flexibility index (Phi) is 12.8. The van der Waals surface area contributed by atoms with E-state index in [1.54, 1.807) is 0 Å². The fourth-order valence-electron chi connectivity index (χ4n) is 3.63. The van der Waals surface area contributed by atoms with E-state index in [0.29, 0.717) is 11.5 Å². The highest BCUT2D eigenvalue weighted by atomic mass is 35.5. The Bertz CT molecular complexity index is 630. The normalized spacial score (nSPS) is 11.8. The second kappa shape index (κ2) is 12.3. The number of quaternary nitrogens is 2. The van der Waals surface area contributed by atoms with Gasteiger partial charge in [0.2, 0.25) is 0 Å². The van der Waals surface area contributed by atoms with E-state index in [2.05, 4.69) is 79.9 Å². The Morgan fingerprint density at radius 3 is 1.70 bits per heavy atom. The molecule has 0 aromatic heterocycles. The van der Waals surface area contributed by atoms with Gasteiger partial charge >= 0.3 is 0 Å². The molecule has 3 rings (SSSR count). The molecule has 0 heterocycles. The standard InChI is InChI=1S/C21H28N2.2ClH.2H2O/c1-21(2,3)23-15-14-22-13-12-20-18-10-6-4-8-16(18)17-9-5-7-11-19(17)20;;;;/h4-11,20,22-23H,12-15H2,1-3H3;2*1H;2*1H2. The Morgan fingerprint density at radius 2 is 1.22 bits per heavy atom. The minimum Gasteiger partial charge on any atom is -1.00 e. The average Bonchev–Trinajstić information content (AvgIpc) is 2.84. The molecule has 27 heavy (non-hydrogen) atoms. The third kappa shape index (κ3) is 7.07. The van der Waals surface area contributed by atoms with Gasteiger partial charge in [0.05, 0.1) is 12.1 Å². The summed E-state index contributed by atoms with van der Waals surface area (Å²) in [5, 5.41) is 4.91. The molecular formula is C21H34Cl2N2O2. The van der Waals surface area contributed by atoms with Gasteiger partial charge in [0.15, 0.2) is 0 Å². The molecule has 0 amide bonds. The number of fused-ring (bicyclic) bond motifs is 3. The molecule has 2 aromatic rings. The molecule has 0 fully saturated rings. The molecule has 2 aromatic carbocycles. The summed E-state index contributed by atoms with van der Waals surface area (Å²) in [6, 6.07) is 17.9. The zero-order valence-electron chi connectivity index (χ0n) is 16.4. The maximum atomic E-state index is 2.48. The number of nitrogens with two attached hydrogens (primary N) is 2. The highest BCUT2D eigenvalue weighted by molar-refractivity contribution is 5.78. The van der Waals surface area contributed by atoms with Crippen LogP contribution in [0.2, 0.25) is 0 Å². The van der Waals surface area contributed by atoms with E-state index in [9.17, 15) is 0 Å². The molecule has 0 saturated heterocycles. The van der Waals surface area contributed by atoms with Gasteiger partial charge in [-0.3, -0.25) is 0 Å². The number of benzene rings is 2. The van der Waals surface area contributed by atoms with Crippen molar-refractivity contribution in [2.24, 2.45) is 0 Å². The van der Waals surface area contributed by atoms with E-state index in [-0.39, 0.29) is 35.8 Å². The van der Waals surface area contributed by atoms with Gasteiger partial charge in [-0.15, -0.1) is 0 Å². The van der Waals surface area contributed by atoms with Crippen molar-refractivity contribution in [2.45, 2.75) is 38.6 Å². The summed E-state index contributed by atoms with van der Waals surface area (Å²) in [6.45, 7) is 10.4. The molecule has 0 radical (unpaired) electrons. The molecule has 0 unspecified atom stereocenters. The van der Waals surface area contributed by atoms with Crippen LogP contribution in [0, 0.1) is 0 Å². The van der Waals surface area contributed by atoms with Gasteiger partial charge in [-0.25, -0.2) is 0 Å². The lowest BCUT2D eigenvalue weighted by Gasteiger charge is -2.16. The lowest BCUT2D eigenvalue weighted by atomic mass is 9.94. The predicted molar refractivity (Wildman–Crippen MR) is 104 cm³/mol. The molecule has 8 N–H and O–H groups in total. The predicted octanol–water partition coefficient (Wildman–Crippen LogP) is -5.53. The summed E-state index contributed by atoms with van der Waals surface area (Å²) >= 11 is 0. The zero-order valence-corrected chi connectivity index (χ0v) is 17.9. The Balaban J connectivity index is 0. The summed E-state index contributed by atoms with van der Waals surface area (Å²) in [4.78, 5) is 0. The van der Waals surface area contributed by atoms with E-state index >= 15 is 0 Å². The first-order chi connectivity index (χ1) is 11.1. The maximum absolute atomic E-state index is 2.48. The quantitative estimate of drug-likeness (QED) is 0.439. The Labute approximate surface area is 175 Å². The average molecular weight is 417 g/mol. The van der Waals surface area contributed by atoms with Crippen LogP contribution in [0.3, 0.4) is 0 Å². The smallest absolute Gasteiger partial charge is 0.126 e. The third-order valence-electron chi connectivity index (χ3n) is 4.75. The van der Waals surface area contributed by atoms with E-state index in [0.717, 1.165) is 0 Å². The van der Waals surface area contributed by atoms with Crippen LogP contribution in [0.25, 0.3) is 11.1 Å². The summed E-state index contributed by atoms with van der Waals surface area (Å²) in [5.74, 6) is 0.574. The minimum atomic E-state index is 0. The van der Waals surface area contributed by atoms with Crippen molar-refractivity contribution in [3.63, 3.8) is 0 Å². The Morgan fingerprint density at radius 1 is 0.741 bits per heavy atom. The monoisotopic (exact) mass is 416 g/mol. The summed E-state index contributed by atoms with van der Waals surface area (Å²) in [7, 11) is 0. The Hall–Kier alpha value is -1.14. The van der Waals surface area contributed by atoms with Crippen molar-refractivity contribution in [3.05, 3.63) is 59.7 Å². The van der Waals surface area contributed by atoms with Crippen LogP contribution in [0.4, 0.5) is 0 Å². The second-order valence-electron chi connectivity index (χ2n) is 7.74. The van der Waals surface area contributed by atoms with E-state index in [1.165, 1.54) is 48.3 Å². The second-order valence-corrected chi connectivity index (χ2v) is 7.74. The number of halogens is 2. The summed E-state index contributed by atoms with van der Waals surface area (Å²) in [5.41, 5.74) is 6.26. The minimum absolute atomic E-state index is 0. The molecule has 6 heteroatoms. The third-order valence-corrected chi connectivity index (χ3v) is 4.75. The van der Waals surface area contributed by atoms with Gasteiger partial charge in [0.25, 0.3) is 0 Å². The van der Waals surface area contributed by atoms with Crippen molar-refractivity contribution < 1.29 is 46.4 Å². The number of rotatable bonds is 6. The molecule has 0 atom stereocenters. The molecule has 154 valence electrons. The van der Waals surface area contributed by atoms with Gasteiger partial charge in [-0.05, 0) is 43.0 Å². The molecule has 0 aliphatic heterocycles. The van der Waals surface area contributed by atoms with Gasteiger partial charge in [-0.2, -0.15) is 0 Å². The van der Waals surface area contributed by atoms with Gasteiger partial charge in [-0.1, -0.05) is 48.5 Å². The largest absolute Gasteiger partial charge is 1.00 e. The van der Waals surface area contributed by atoms with Crippen LogP contribution in [0.1, 0.15) is 44.2 Å². The van der Waals surface area contributed by atoms with Crippen molar-refractivity contribution in [1.29, 1.82) is 0 Å². The van der Waals surface area contributed by atoms with Gasteiger partial charge in [0.1, 0.15) is 13.1 Å². The molecule has 0 bridgehead atoms. The fraction of sp³-hybridized carbons (Fsp3) is 0.429. The molecular weight excluding hydrogens is 383 g/mol.